The number of nitrogens with zero attached hydrogens (tertiary/aromatic N) is 1. The van der Waals surface area contributed by atoms with Crippen molar-refractivity contribution in [3.8, 4) is 11.3 Å². The molecule has 0 bridgehead atoms. The number of para-hydroxylation sites is 1. The number of hydrogen-bond acceptors (Lipinski definition) is 4. The van der Waals surface area contributed by atoms with Gasteiger partial charge < -0.3 is 15.4 Å². The maximum atomic E-state index is 13.2. The molecular formula is C29H35N3O3. The van der Waals surface area contributed by atoms with Gasteiger partial charge in [0, 0.05) is 24.0 Å². The van der Waals surface area contributed by atoms with Crippen molar-refractivity contribution >= 4 is 22.9 Å². The fourth-order valence-electron chi connectivity index (χ4n) is 4.63. The molecule has 1 aromatic heterocycles. The first-order valence-electron chi connectivity index (χ1n) is 12.5. The minimum absolute atomic E-state index is 0.0607. The Morgan fingerprint density at radius 1 is 0.886 bits per heavy atom. The Hall–Kier alpha value is -3.41. The van der Waals surface area contributed by atoms with Crippen LogP contribution in [0.1, 0.15) is 56.8 Å². The molecule has 184 valence electrons. The van der Waals surface area contributed by atoms with E-state index in [1.165, 1.54) is 0 Å². The molecule has 1 saturated carbocycles. The molecule has 2 amide bonds. The van der Waals surface area contributed by atoms with Gasteiger partial charge in [0.2, 0.25) is 0 Å². The number of fused-ring (bicyclic) bond motifs is 1. The summed E-state index contributed by atoms with van der Waals surface area (Å²) in [5.41, 5.74) is 2.78. The molecule has 4 rings (SSSR count). The maximum absolute atomic E-state index is 13.2. The quantitative estimate of drug-likeness (QED) is 0.463. The number of ether oxygens (including phenoxy) is 1. The fraction of sp³-hybridized carbons (Fsp3) is 0.414. The van der Waals surface area contributed by atoms with Gasteiger partial charge in [-0.15, -0.1) is 0 Å². The monoisotopic (exact) mass is 473 g/mol. The molecule has 0 radical (unpaired) electrons. The smallest absolute Gasteiger partial charge is 0.407 e. The predicted molar refractivity (Wildman–Crippen MR) is 139 cm³/mol. The van der Waals surface area contributed by atoms with E-state index in [4.69, 9.17) is 9.72 Å². The van der Waals surface area contributed by atoms with Gasteiger partial charge >= 0.3 is 6.09 Å². The van der Waals surface area contributed by atoms with Crippen LogP contribution in [0, 0.1) is 11.8 Å². The van der Waals surface area contributed by atoms with Gasteiger partial charge in [-0.3, -0.25) is 4.79 Å². The van der Waals surface area contributed by atoms with E-state index in [0.29, 0.717) is 30.5 Å². The Bertz CT molecular complexity index is 1160. The maximum Gasteiger partial charge on any atom is 0.407 e. The number of carbonyl (C=O) groups excluding carboxylic acids is 2. The summed E-state index contributed by atoms with van der Waals surface area (Å²) in [6.45, 7) is 6.89. The summed E-state index contributed by atoms with van der Waals surface area (Å²) >= 11 is 0. The molecule has 2 aromatic carbocycles. The lowest BCUT2D eigenvalue weighted by molar-refractivity contribution is 0.0512. The molecule has 1 aliphatic rings. The van der Waals surface area contributed by atoms with Crippen molar-refractivity contribution in [3.05, 3.63) is 66.2 Å². The van der Waals surface area contributed by atoms with Crippen LogP contribution in [0.2, 0.25) is 0 Å². The zero-order valence-corrected chi connectivity index (χ0v) is 20.8. The zero-order valence-electron chi connectivity index (χ0n) is 20.8. The highest BCUT2D eigenvalue weighted by molar-refractivity contribution is 6.07. The Morgan fingerprint density at radius 2 is 1.49 bits per heavy atom. The molecule has 1 fully saturated rings. The third-order valence-corrected chi connectivity index (χ3v) is 6.48. The predicted octanol–water partition coefficient (Wildman–Crippen LogP) is 5.96. The number of aromatic nitrogens is 1. The topological polar surface area (TPSA) is 80.3 Å². The molecule has 0 saturated heterocycles. The van der Waals surface area contributed by atoms with E-state index in [-0.39, 0.29) is 12.0 Å². The van der Waals surface area contributed by atoms with E-state index >= 15 is 0 Å². The Kier molecular flexibility index (Phi) is 7.69. The van der Waals surface area contributed by atoms with E-state index in [2.05, 4.69) is 10.6 Å². The van der Waals surface area contributed by atoms with Crippen molar-refractivity contribution in [1.82, 2.24) is 15.6 Å². The van der Waals surface area contributed by atoms with Crippen LogP contribution in [-0.2, 0) is 4.74 Å². The summed E-state index contributed by atoms with van der Waals surface area (Å²) in [6, 6.07) is 19.6. The number of alkyl carbamates (subject to hydrolysis) is 1. The SMILES string of the molecule is CC(C)(C)OC(=O)NC[C@H]1CC[C@H](CNC(=O)c2cc(-c3ccccc3)nc3ccccc23)CC1. The van der Waals surface area contributed by atoms with Gasteiger partial charge in [0.05, 0.1) is 16.8 Å². The molecule has 2 N–H and O–H groups in total. The third-order valence-electron chi connectivity index (χ3n) is 6.48. The molecular weight excluding hydrogens is 438 g/mol. The van der Waals surface area contributed by atoms with Gasteiger partial charge in [-0.05, 0) is 70.4 Å². The highest BCUT2D eigenvalue weighted by Crippen LogP contribution is 2.29. The molecule has 0 atom stereocenters. The van der Waals surface area contributed by atoms with E-state index < -0.39 is 5.60 Å². The number of hydrogen-bond donors (Lipinski definition) is 2. The molecule has 0 aliphatic heterocycles. The fourth-order valence-corrected chi connectivity index (χ4v) is 4.63. The van der Waals surface area contributed by atoms with Crippen LogP contribution in [0.5, 0.6) is 0 Å². The van der Waals surface area contributed by atoms with E-state index in [0.717, 1.165) is 47.8 Å². The first-order valence-corrected chi connectivity index (χ1v) is 12.5. The number of nitrogens with one attached hydrogen (secondary N) is 2. The Balaban J connectivity index is 1.33. The van der Waals surface area contributed by atoms with Crippen molar-refractivity contribution in [2.75, 3.05) is 13.1 Å². The number of amides is 2. The van der Waals surface area contributed by atoms with Gasteiger partial charge in [-0.1, -0.05) is 48.5 Å². The van der Waals surface area contributed by atoms with E-state index in [9.17, 15) is 9.59 Å². The lowest BCUT2D eigenvalue weighted by atomic mass is 9.82. The summed E-state index contributed by atoms with van der Waals surface area (Å²) in [4.78, 5) is 29.9. The van der Waals surface area contributed by atoms with Crippen molar-refractivity contribution in [2.24, 2.45) is 11.8 Å². The first kappa shape index (κ1) is 24.7. The van der Waals surface area contributed by atoms with E-state index in [1.807, 2.05) is 81.4 Å². The van der Waals surface area contributed by atoms with Crippen LogP contribution in [0.25, 0.3) is 22.2 Å². The van der Waals surface area contributed by atoms with Crippen LogP contribution < -0.4 is 10.6 Å². The lowest BCUT2D eigenvalue weighted by Crippen LogP contribution is -2.37. The summed E-state index contributed by atoms with van der Waals surface area (Å²) in [6.07, 6.45) is 3.78. The van der Waals surface area contributed by atoms with E-state index in [1.54, 1.807) is 0 Å². The molecule has 35 heavy (non-hydrogen) atoms. The molecule has 6 nitrogen and oxygen atoms in total. The largest absolute Gasteiger partial charge is 0.444 e. The highest BCUT2D eigenvalue weighted by Gasteiger charge is 2.24. The minimum Gasteiger partial charge on any atom is -0.444 e. The minimum atomic E-state index is -0.484. The number of carbonyl (C=O) groups is 2. The highest BCUT2D eigenvalue weighted by atomic mass is 16.6. The summed E-state index contributed by atoms with van der Waals surface area (Å²) in [5, 5.41) is 6.93. The van der Waals surface area contributed by atoms with Gasteiger partial charge in [0.1, 0.15) is 5.60 Å². The second kappa shape index (κ2) is 10.9. The first-order chi connectivity index (χ1) is 16.8. The normalized spacial score (nSPS) is 18.1. The average Bonchev–Trinajstić information content (AvgIpc) is 2.85. The molecule has 1 aliphatic carbocycles. The molecule has 1 heterocycles. The molecule has 6 heteroatoms. The van der Waals surface area contributed by atoms with Crippen molar-refractivity contribution < 1.29 is 14.3 Å². The summed E-state index contributed by atoms with van der Waals surface area (Å²) in [5.74, 6) is 0.833. The summed E-state index contributed by atoms with van der Waals surface area (Å²) in [7, 11) is 0. The van der Waals surface area contributed by atoms with Crippen LogP contribution in [-0.4, -0.2) is 35.7 Å². The third kappa shape index (κ3) is 6.81. The Morgan fingerprint density at radius 3 is 2.14 bits per heavy atom. The van der Waals surface area contributed by atoms with Crippen LogP contribution in [0.15, 0.2) is 60.7 Å². The Labute approximate surface area is 207 Å². The van der Waals surface area contributed by atoms with Crippen molar-refractivity contribution in [2.45, 2.75) is 52.1 Å². The second-order valence-corrected chi connectivity index (χ2v) is 10.4. The second-order valence-electron chi connectivity index (χ2n) is 10.4. The number of pyridine rings is 1. The summed E-state index contributed by atoms with van der Waals surface area (Å²) < 4.78 is 5.32. The van der Waals surface area contributed by atoms with Crippen LogP contribution in [0.3, 0.4) is 0 Å². The zero-order chi connectivity index (χ0) is 24.8. The van der Waals surface area contributed by atoms with Crippen LogP contribution >= 0.6 is 0 Å². The van der Waals surface area contributed by atoms with Crippen molar-refractivity contribution in [1.29, 1.82) is 0 Å². The molecule has 0 spiro atoms. The molecule has 0 unspecified atom stereocenters. The van der Waals surface area contributed by atoms with Crippen molar-refractivity contribution in [3.63, 3.8) is 0 Å². The lowest BCUT2D eigenvalue weighted by Gasteiger charge is -2.29. The molecule has 3 aromatic rings. The van der Waals surface area contributed by atoms with Gasteiger partial charge in [-0.25, -0.2) is 9.78 Å². The standard InChI is InChI=1S/C29H35N3O3/c1-29(2,3)35-28(34)31-19-21-15-13-20(14-16-21)18-30-27(33)24-17-26(22-9-5-4-6-10-22)32-25-12-8-7-11-23(24)25/h4-12,17,20-21H,13-16,18-19H2,1-3H3,(H,30,33)(H,31,34)/t20-,21-. The number of benzene rings is 2. The van der Waals surface area contributed by atoms with Gasteiger partial charge in [-0.2, -0.15) is 0 Å². The number of rotatable bonds is 6. The van der Waals surface area contributed by atoms with Gasteiger partial charge in [0.25, 0.3) is 5.91 Å². The van der Waals surface area contributed by atoms with Crippen LogP contribution in [0.4, 0.5) is 4.79 Å². The van der Waals surface area contributed by atoms with Gasteiger partial charge in [0.15, 0.2) is 0 Å². The average molecular weight is 474 g/mol.